The first kappa shape index (κ1) is 16.8. The number of alkyl halides is 1. The zero-order valence-electron chi connectivity index (χ0n) is 11.2. The maximum atomic E-state index is 12.6. The van der Waals surface area contributed by atoms with Gasteiger partial charge in [-0.3, -0.25) is 4.79 Å². The van der Waals surface area contributed by atoms with E-state index in [-0.39, 0.29) is 17.7 Å². The third-order valence-corrected chi connectivity index (χ3v) is 4.18. The average molecular weight is 440 g/mol. The van der Waals surface area contributed by atoms with Gasteiger partial charge in [0.05, 0.1) is 5.56 Å². The summed E-state index contributed by atoms with van der Waals surface area (Å²) < 4.78 is 0.946. The van der Waals surface area contributed by atoms with Crippen molar-refractivity contribution in [2.24, 2.45) is 0 Å². The highest BCUT2D eigenvalue weighted by molar-refractivity contribution is 14.1. The number of aromatic hydroxyl groups is 1. The molecular weight excluding hydrogens is 421 g/mol. The van der Waals surface area contributed by atoms with Crippen LogP contribution in [0.1, 0.15) is 37.0 Å². The number of carbonyl (C=O) groups excluding carboxylic acids is 1. The fourth-order valence-electron chi connectivity index (χ4n) is 2.10. The highest BCUT2D eigenvalue weighted by Gasteiger charge is 2.24. The van der Waals surface area contributed by atoms with Gasteiger partial charge in [-0.1, -0.05) is 29.8 Å². The molecule has 3 nitrogen and oxygen atoms in total. The highest BCUT2D eigenvalue weighted by Crippen LogP contribution is 2.23. The molecule has 1 aromatic rings. The van der Waals surface area contributed by atoms with Crippen LogP contribution in [0.15, 0.2) is 18.2 Å². The Labute approximate surface area is 136 Å². The van der Waals surface area contributed by atoms with Gasteiger partial charge in [-0.05, 0) is 53.6 Å². The van der Waals surface area contributed by atoms with Crippen molar-refractivity contribution in [2.45, 2.75) is 32.7 Å². The predicted molar refractivity (Wildman–Crippen MR) is 90.0 cm³/mol. The van der Waals surface area contributed by atoms with Crippen molar-refractivity contribution in [3.05, 3.63) is 27.3 Å². The number of rotatable bonds is 6. The summed E-state index contributed by atoms with van der Waals surface area (Å²) in [7, 11) is 0. The lowest BCUT2D eigenvalue weighted by atomic mass is 10.1. The summed E-state index contributed by atoms with van der Waals surface area (Å²) in [6.45, 7) is 4.81. The molecule has 0 heterocycles. The zero-order chi connectivity index (χ0) is 14.4. The van der Waals surface area contributed by atoms with Gasteiger partial charge in [0, 0.05) is 21.5 Å². The fraction of sp³-hybridized carbons (Fsp3) is 0.500. The maximum absolute atomic E-state index is 12.6. The number of hydrogen-bond donors (Lipinski definition) is 1. The molecule has 0 unspecified atom stereocenters. The van der Waals surface area contributed by atoms with E-state index in [1.807, 2.05) is 4.90 Å². The maximum Gasteiger partial charge on any atom is 0.257 e. The van der Waals surface area contributed by atoms with E-state index >= 15 is 0 Å². The molecule has 0 aliphatic rings. The lowest BCUT2D eigenvalue weighted by Gasteiger charge is -2.30. The summed E-state index contributed by atoms with van der Waals surface area (Å²) in [6, 6.07) is 5.32. The highest BCUT2D eigenvalue weighted by atomic mass is 127. The summed E-state index contributed by atoms with van der Waals surface area (Å²) in [4.78, 5) is 14.5. The summed E-state index contributed by atoms with van der Waals surface area (Å²) in [6.07, 6.45) is 1.83. The first-order valence-electron chi connectivity index (χ1n) is 6.40. The summed E-state index contributed by atoms with van der Waals surface area (Å²) in [5.74, 6) is -0.0416. The van der Waals surface area contributed by atoms with Gasteiger partial charge in [-0.15, -0.1) is 0 Å². The number of carbonyl (C=O) groups is 1. The van der Waals surface area contributed by atoms with Gasteiger partial charge in [-0.2, -0.15) is 0 Å². The van der Waals surface area contributed by atoms with Crippen molar-refractivity contribution in [1.82, 2.24) is 4.90 Å². The van der Waals surface area contributed by atoms with Crippen molar-refractivity contribution >= 4 is 44.4 Å². The Kier molecular flexibility index (Phi) is 7.13. The normalized spacial score (nSPS) is 10.8. The van der Waals surface area contributed by atoms with Crippen LogP contribution < -0.4 is 0 Å². The molecule has 1 aromatic carbocycles. The Bertz CT molecular complexity index is 435. The average Bonchev–Trinajstić information content (AvgIpc) is 2.41. The van der Waals surface area contributed by atoms with Crippen LogP contribution in [0.4, 0.5) is 0 Å². The largest absolute Gasteiger partial charge is 0.507 e. The smallest absolute Gasteiger partial charge is 0.257 e. The van der Waals surface area contributed by atoms with Crippen LogP contribution in [0.25, 0.3) is 0 Å². The van der Waals surface area contributed by atoms with Gasteiger partial charge < -0.3 is 10.0 Å². The van der Waals surface area contributed by atoms with Crippen molar-refractivity contribution < 1.29 is 9.90 Å². The van der Waals surface area contributed by atoms with Crippen LogP contribution >= 0.6 is 38.5 Å². The minimum absolute atomic E-state index is 0.0518. The second kappa shape index (κ2) is 8.09. The molecule has 0 aromatic heterocycles. The number of benzene rings is 1. The standard InChI is InChI=1S/C14H19BrINO2/c1-3-11(4-2)17(8-7-15)14(19)12-9-10(16)5-6-13(12)18/h5-6,9,11,18H,3-4,7-8H2,1-2H3. The number of phenols is 1. The van der Waals surface area contributed by atoms with Gasteiger partial charge in [0.15, 0.2) is 0 Å². The number of hydrogen-bond acceptors (Lipinski definition) is 2. The number of halogens is 2. The summed E-state index contributed by atoms with van der Waals surface area (Å²) in [5, 5.41) is 10.6. The minimum atomic E-state index is -0.0934. The lowest BCUT2D eigenvalue weighted by molar-refractivity contribution is 0.0680. The second-order valence-electron chi connectivity index (χ2n) is 4.32. The lowest BCUT2D eigenvalue weighted by Crippen LogP contribution is -2.41. The topological polar surface area (TPSA) is 40.5 Å². The molecular formula is C14H19BrINO2. The zero-order valence-corrected chi connectivity index (χ0v) is 14.9. The molecule has 0 saturated heterocycles. The Balaban J connectivity index is 3.08. The van der Waals surface area contributed by atoms with Crippen molar-refractivity contribution in [2.75, 3.05) is 11.9 Å². The Morgan fingerprint density at radius 1 is 1.42 bits per heavy atom. The molecule has 0 atom stereocenters. The molecule has 1 N–H and O–H groups in total. The summed E-state index contributed by atoms with van der Waals surface area (Å²) in [5.41, 5.74) is 0.389. The van der Waals surface area contributed by atoms with Crippen LogP contribution in [-0.2, 0) is 0 Å². The molecule has 0 aliphatic carbocycles. The van der Waals surface area contributed by atoms with E-state index in [1.165, 1.54) is 0 Å². The molecule has 0 radical (unpaired) electrons. The first-order chi connectivity index (χ1) is 9.04. The third kappa shape index (κ3) is 4.34. The number of amides is 1. The van der Waals surface area contributed by atoms with Crippen LogP contribution in [-0.4, -0.2) is 33.8 Å². The molecule has 19 heavy (non-hydrogen) atoms. The van der Waals surface area contributed by atoms with Crippen molar-refractivity contribution in [1.29, 1.82) is 0 Å². The van der Waals surface area contributed by atoms with Crippen LogP contribution in [0.2, 0.25) is 0 Å². The van der Waals surface area contributed by atoms with E-state index in [4.69, 9.17) is 0 Å². The quantitative estimate of drug-likeness (QED) is 0.537. The first-order valence-corrected chi connectivity index (χ1v) is 8.60. The van der Waals surface area contributed by atoms with Crippen LogP contribution in [0.3, 0.4) is 0 Å². The van der Waals surface area contributed by atoms with E-state index in [1.54, 1.807) is 18.2 Å². The Hall–Kier alpha value is -0.300. The van der Waals surface area contributed by atoms with E-state index in [0.717, 1.165) is 21.7 Å². The molecule has 1 amide bonds. The van der Waals surface area contributed by atoms with Gasteiger partial charge in [-0.25, -0.2) is 0 Å². The molecule has 106 valence electrons. The Morgan fingerprint density at radius 3 is 2.58 bits per heavy atom. The third-order valence-electron chi connectivity index (χ3n) is 3.16. The van der Waals surface area contributed by atoms with Crippen molar-refractivity contribution in [3.63, 3.8) is 0 Å². The monoisotopic (exact) mass is 439 g/mol. The van der Waals surface area contributed by atoms with Crippen LogP contribution in [0, 0.1) is 3.57 Å². The predicted octanol–water partition coefficient (Wildman–Crippen LogP) is 4.02. The molecule has 0 bridgehead atoms. The fourth-order valence-corrected chi connectivity index (χ4v) is 2.98. The molecule has 0 saturated carbocycles. The molecule has 5 heteroatoms. The van der Waals surface area contributed by atoms with E-state index in [0.29, 0.717) is 12.1 Å². The second-order valence-corrected chi connectivity index (χ2v) is 6.36. The number of nitrogens with zero attached hydrogens (tertiary/aromatic N) is 1. The van der Waals surface area contributed by atoms with E-state index in [2.05, 4.69) is 52.4 Å². The van der Waals surface area contributed by atoms with Crippen molar-refractivity contribution in [3.8, 4) is 5.75 Å². The molecule has 1 rings (SSSR count). The van der Waals surface area contributed by atoms with Gasteiger partial charge in [0.2, 0.25) is 0 Å². The summed E-state index contributed by atoms with van der Waals surface area (Å²) >= 11 is 5.54. The Morgan fingerprint density at radius 2 is 2.05 bits per heavy atom. The van der Waals surface area contributed by atoms with Gasteiger partial charge in [0.1, 0.15) is 5.75 Å². The minimum Gasteiger partial charge on any atom is -0.507 e. The molecule has 0 aliphatic heterocycles. The van der Waals surface area contributed by atoms with Gasteiger partial charge >= 0.3 is 0 Å². The SMILES string of the molecule is CCC(CC)N(CCBr)C(=O)c1cc(I)ccc1O. The van der Waals surface area contributed by atoms with Gasteiger partial charge in [0.25, 0.3) is 5.91 Å². The molecule has 0 fully saturated rings. The van der Waals surface area contributed by atoms with Crippen LogP contribution in [0.5, 0.6) is 5.75 Å². The van der Waals surface area contributed by atoms with E-state index < -0.39 is 0 Å². The van der Waals surface area contributed by atoms with E-state index in [9.17, 15) is 9.90 Å². The number of phenolic OH excluding ortho intramolecular Hbond substituents is 1. The molecule has 0 spiro atoms.